The maximum atomic E-state index is 12.3. The van der Waals surface area contributed by atoms with E-state index in [1.807, 2.05) is 0 Å². The zero-order valence-corrected chi connectivity index (χ0v) is 13.2. The zero-order valence-electron chi connectivity index (χ0n) is 12.4. The third kappa shape index (κ3) is 3.36. The molecule has 24 heavy (non-hydrogen) atoms. The van der Waals surface area contributed by atoms with E-state index in [9.17, 15) is 14.7 Å². The molecule has 0 fully saturated rings. The first-order valence-electron chi connectivity index (χ1n) is 7.15. The van der Waals surface area contributed by atoms with Gasteiger partial charge in [0.2, 0.25) is 5.91 Å². The van der Waals surface area contributed by atoms with E-state index in [0.29, 0.717) is 15.9 Å². The van der Waals surface area contributed by atoms with Crippen LogP contribution in [0.15, 0.2) is 47.3 Å². The summed E-state index contributed by atoms with van der Waals surface area (Å²) in [5, 5.41) is 20.8. The standard InChI is InChI=1S/C16H13ClN4O3/c17-10-5-6-14(22)13(9-10)18-15(23)7-8-21-16(24)11-3-1-2-4-12(11)19-20-21/h1-6,9,22H,7-8H2,(H,18,23). The Morgan fingerprint density at radius 1 is 1.25 bits per heavy atom. The highest BCUT2D eigenvalue weighted by molar-refractivity contribution is 6.31. The number of carbonyl (C=O) groups excluding carboxylic acids is 1. The number of hydrogen-bond donors (Lipinski definition) is 2. The van der Waals surface area contributed by atoms with Gasteiger partial charge >= 0.3 is 0 Å². The van der Waals surface area contributed by atoms with Crippen molar-refractivity contribution in [2.45, 2.75) is 13.0 Å². The van der Waals surface area contributed by atoms with Gasteiger partial charge in [-0.25, -0.2) is 4.68 Å². The Labute approximate surface area is 141 Å². The second-order valence-electron chi connectivity index (χ2n) is 5.09. The average molecular weight is 345 g/mol. The monoisotopic (exact) mass is 344 g/mol. The maximum absolute atomic E-state index is 12.3. The van der Waals surface area contributed by atoms with E-state index in [2.05, 4.69) is 15.6 Å². The van der Waals surface area contributed by atoms with Crippen molar-refractivity contribution < 1.29 is 9.90 Å². The highest BCUT2D eigenvalue weighted by atomic mass is 35.5. The molecule has 3 aromatic rings. The molecule has 0 aliphatic heterocycles. The molecule has 7 nitrogen and oxygen atoms in total. The molecule has 0 bridgehead atoms. The number of aromatic nitrogens is 3. The number of phenolic OH excluding ortho intramolecular Hbond substituents is 1. The Morgan fingerprint density at radius 3 is 2.88 bits per heavy atom. The van der Waals surface area contributed by atoms with E-state index in [1.165, 1.54) is 18.2 Å². The average Bonchev–Trinajstić information content (AvgIpc) is 2.58. The molecule has 0 saturated heterocycles. The smallest absolute Gasteiger partial charge is 0.277 e. The lowest BCUT2D eigenvalue weighted by Gasteiger charge is -2.08. The highest BCUT2D eigenvalue weighted by Crippen LogP contribution is 2.26. The molecular formula is C16H13ClN4O3. The molecule has 0 spiro atoms. The summed E-state index contributed by atoms with van der Waals surface area (Å²) in [4.78, 5) is 24.3. The van der Waals surface area contributed by atoms with E-state index in [-0.39, 0.29) is 35.9 Å². The molecular weight excluding hydrogens is 332 g/mol. The lowest BCUT2D eigenvalue weighted by molar-refractivity contribution is -0.116. The fraction of sp³-hybridized carbons (Fsp3) is 0.125. The quantitative estimate of drug-likeness (QED) is 0.707. The number of benzene rings is 2. The fourth-order valence-corrected chi connectivity index (χ4v) is 2.37. The number of phenols is 1. The topological polar surface area (TPSA) is 97.1 Å². The Morgan fingerprint density at radius 2 is 2.04 bits per heavy atom. The highest BCUT2D eigenvalue weighted by Gasteiger charge is 2.10. The van der Waals surface area contributed by atoms with Crippen molar-refractivity contribution in [1.29, 1.82) is 0 Å². The molecule has 122 valence electrons. The van der Waals surface area contributed by atoms with Gasteiger partial charge in [0.25, 0.3) is 5.56 Å². The third-order valence-corrected chi connectivity index (χ3v) is 3.65. The first-order chi connectivity index (χ1) is 11.5. The number of rotatable bonds is 4. The SMILES string of the molecule is O=C(CCn1nnc2ccccc2c1=O)Nc1cc(Cl)ccc1O. The first-order valence-corrected chi connectivity index (χ1v) is 7.53. The largest absolute Gasteiger partial charge is 0.506 e. The van der Waals surface area contributed by atoms with Crippen molar-refractivity contribution >= 4 is 34.1 Å². The first kappa shape index (κ1) is 15.9. The molecule has 2 N–H and O–H groups in total. The normalized spacial score (nSPS) is 10.7. The minimum Gasteiger partial charge on any atom is -0.506 e. The molecule has 1 aromatic heterocycles. The van der Waals surface area contributed by atoms with E-state index in [1.54, 1.807) is 24.3 Å². The molecule has 3 rings (SSSR count). The van der Waals surface area contributed by atoms with Crippen molar-refractivity contribution in [2.24, 2.45) is 0 Å². The number of fused-ring (bicyclic) bond motifs is 1. The lowest BCUT2D eigenvalue weighted by atomic mass is 10.2. The number of nitrogens with one attached hydrogen (secondary N) is 1. The van der Waals surface area contributed by atoms with Crippen LogP contribution in [-0.4, -0.2) is 26.0 Å². The minimum absolute atomic E-state index is 0.00111. The molecule has 1 amide bonds. The van der Waals surface area contributed by atoms with Crippen LogP contribution in [0.3, 0.4) is 0 Å². The zero-order chi connectivity index (χ0) is 17.1. The number of aryl methyl sites for hydroxylation is 1. The van der Waals surface area contributed by atoms with Gasteiger partial charge < -0.3 is 10.4 Å². The van der Waals surface area contributed by atoms with Crippen molar-refractivity contribution in [3.63, 3.8) is 0 Å². The lowest BCUT2D eigenvalue weighted by Crippen LogP contribution is -2.26. The van der Waals surface area contributed by atoms with Crippen molar-refractivity contribution in [1.82, 2.24) is 15.0 Å². The number of amides is 1. The summed E-state index contributed by atoms with van der Waals surface area (Å²) in [6, 6.07) is 11.2. The van der Waals surface area contributed by atoms with Gasteiger partial charge in [-0.1, -0.05) is 28.9 Å². The van der Waals surface area contributed by atoms with Crippen molar-refractivity contribution in [2.75, 3.05) is 5.32 Å². The molecule has 8 heteroatoms. The van der Waals surface area contributed by atoms with Gasteiger partial charge in [-0.3, -0.25) is 9.59 Å². The van der Waals surface area contributed by atoms with Crippen molar-refractivity contribution in [3.05, 3.63) is 57.8 Å². The summed E-state index contributed by atoms with van der Waals surface area (Å²) in [6.07, 6.45) is -0.00111. The number of halogens is 1. The van der Waals surface area contributed by atoms with E-state index in [0.717, 1.165) is 4.68 Å². The van der Waals surface area contributed by atoms with Crippen LogP contribution < -0.4 is 10.9 Å². The Kier molecular flexibility index (Phi) is 4.43. The fourth-order valence-electron chi connectivity index (χ4n) is 2.20. The van der Waals surface area contributed by atoms with Gasteiger partial charge in [-0.2, -0.15) is 0 Å². The van der Waals surface area contributed by atoms with Gasteiger partial charge in [0.15, 0.2) is 0 Å². The summed E-state index contributed by atoms with van der Waals surface area (Å²) >= 11 is 5.82. The molecule has 0 aliphatic carbocycles. The summed E-state index contributed by atoms with van der Waals surface area (Å²) in [5.41, 5.74) is 0.412. The molecule has 2 aromatic carbocycles. The van der Waals surface area contributed by atoms with Crippen LogP contribution in [0.1, 0.15) is 6.42 Å². The van der Waals surface area contributed by atoms with Gasteiger partial charge in [0.05, 0.1) is 17.6 Å². The Balaban J connectivity index is 1.71. The van der Waals surface area contributed by atoms with Crippen LogP contribution in [0.4, 0.5) is 5.69 Å². The number of anilines is 1. The van der Waals surface area contributed by atoms with Gasteiger partial charge in [0.1, 0.15) is 11.3 Å². The van der Waals surface area contributed by atoms with Crippen molar-refractivity contribution in [3.8, 4) is 5.75 Å². The molecule has 0 aliphatic rings. The van der Waals surface area contributed by atoms with E-state index < -0.39 is 0 Å². The Hall–Kier alpha value is -2.93. The summed E-state index contributed by atoms with van der Waals surface area (Å²) in [6.45, 7) is 0.0732. The third-order valence-electron chi connectivity index (χ3n) is 3.41. The predicted molar refractivity (Wildman–Crippen MR) is 90.2 cm³/mol. The van der Waals surface area contributed by atoms with Gasteiger partial charge in [0, 0.05) is 11.4 Å². The Bertz CT molecular complexity index is 971. The summed E-state index contributed by atoms with van der Waals surface area (Å²) in [7, 11) is 0. The van der Waals surface area contributed by atoms with Crippen LogP contribution in [-0.2, 0) is 11.3 Å². The second-order valence-corrected chi connectivity index (χ2v) is 5.53. The van der Waals surface area contributed by atoms with Gasteiger partial charge in [-0.15, -0.1) is 5.10 Å². The maximum Gasteiger partial charge on any atom is 0.277 e. The number of carbonyl (C=O) groups is 1. The molecule has 1 heterocycles. The van der Waals surface area contributed by atoms with Crippen LogP contribution in [0.25, 0.3) is 10.9 Å². The van der Waals surface area contributed by atoms with Crippen LogP contribution in [0.5, 0.6) is 5.75 Å². The molecule has 0 saturated carbocycles. The number of nitrogens with zero attached hydrogens (tertiary/aromatic N) is 3. The molecule has 0 radical (unpaired) electrons. The second kappa shape index (κ2) is 6.67. The predicted octanol–water partition coefficient (Wildman–Crippen LogP) is 2.18. The minimum atomic E-state index is -0.380. The van der Waals surface area contributed by atoms with Crippen LogP contribution in [0, 0.1) is 0 Å². The summed E-state index contributed by atoms with van der Waals surface area (Å²) < 4.78 is 1.14. The van der Waals surface area contributed by atoms with Gasteiger partial charge in [-0.05, 0) is 30.3 Å². The van der Waals surface area contributed by atoms with E-state index >= 15 is 0 Å². The van der Waals surface area contributed by atoms with Crippen LogP contribution in [0.2, 0.25) is 5.02 Å². The number of aromatic hydroxyl groups is 1. The number of hydrogen-bond acceptors (Lipinski definition) is 5. The molecule has 0 atom stereocenters. The van der Waals surface area contributed by atoms with E-state index in [4.69, 9.17) is 11.6 Å². The van der Waals surface area contributed by atoms with Crippen LogP contribution >= 0.6 is 11.6 Å². The molecule has 0 unspecified atom stereocenters. The summed E-state index contributed by atoms with van der Waals surface area (Å²) in [5.74, 6) is -0.468.